The van der Waals surface area contributed by atoms with Gasteiger partial charge < -0.3 is 16.0 Å². The first kappa shape index (κ1) is 21.8. The summed E-state index contributed by atoms with van der Waals surface area (Å²) in [5.41, 5.74) is 0.162. The van der Waals surface area contributed by atoms with Gasteiger partial charge in [0.05, 0.1) is 5.56 Å². The van der Waals surface area contributed by atoms with Crippen LogP contribution in [-0.2, 0) is 6.18 Å². The molecule has 0 saturated carbocycles. The van der Waals surface area contributed by atoms with Crippen molar-refractivity contribution in [3.8, 4) is 0 Å². The molecule has 0 fully saturated rings. The molecule has 4 aromatic rings. The maximum absolute atomic E-state index is 12.9. The number of pyridine rings is 1. The first-order valence-electron chi connectivity index (χ1n) is 9.73. The van der Waals surface area contributed by atoms with Gasteiger partial charge in [-0.05, 0) is 54.6 Å². The number of nitrogens with one attached hydrogen (secondary N) is 3. The van der Waals surface area contributed by atoms with Crippen molar-refractivity contribution in [3.63, 3.8) is 0 Å². The Bertz CT molecular complexity index is 1250. The Balaban J connectivity index is 1.40. The van der Waals surface area contributed by atoms with E-state index in [0.717, 1.165) is 12.1 Å². The predicted octanol–water partition coefficient (Wildman–Crippen LogP) is 5.63. The Morgan fingerprint density at radius 3 is 2.15 bits per heavy atom. The number of carbonyl (C=O) groups is 1. The smallest absolute Gasteiger partial charge is 0.340 e. The fraction of sp³-hybridized carbons (Fsp3) is 0.0435. The summed E-state index contributed by atoms with van der Waals surface area (Å²) in [6.45, 7) is 0. The van der Waals surface area contributed by atoms with Gasteiger partial charge in [-0.2, -0.15) is 13.2 Å². The number of anilines is 5. The largest absolute Gasteiger partial charge is 0.416 e. The Hall–Kier alpha value is -4.47. The minimum absolute atomic E-state index is 0.0825. The predicted molar refractivity (Wildman–Crippen MR) is 119 cm³/mol. The summed E-state index contributed by atoms with van der Waals surface area (Å²) in [6.07, 6.45) is -1.45. The second-order valence-electron chi connectivity index (χ2n) is 6.86. The summed E-state index contributed by atoms with van der Waals surface area (Å²) in [6, 6.07) is 18.1. The van der Waals surface area contributed by atoms with Crippen LogP contribution in [0, 0.1) is 0 Å². The molecular weight excluding hydrogens is 433 g/mol. The van der Waals surface area contributed by atoms with Crippen LogP contribution in [0.3, 0.4) is 0 Å². The molecule has 3 N–H and O–H groups in total. The highest BCUT2D eigenvalue weighted by atomic mass is 19.4. The summed E-state index contributed by atoms with van der Waals surface area (Å²) in [4.78, 5) is 24.8. The third-order valence-electron chi connectivity index (χ3n) is 4.46. The lowest BCUT2D eigenvalue weighted by Gasteiger charge is -2.11. The number of benzene rings is 2. The molecule has 0 aliphatic rings. The average Bonchev–Trinajstić information content (AvgIpc) is 2.81. The van der Waals surface area contributed by atoms with E-state index in [9.17, 15) is 18.0 Å². The Kier molecular flexibility index (Phi) is 6.16. The van der Waals surface area contributed by atoms with Crippen LogP contribution in [0.2, 0.25) is 0 Å². The summed E-state index contributed by atoms with van der Waals surface area (Å²) in [5.74, 6) is 1.09. The second kappa shape index (κ2) is 9.35. The molecule has 4 rings (SSSR count). The van der Waals surface area contributed by atoms with E-state index in [2.05, 4.69) is 30.9 Å². The van der Waals surface area contributed by atoms with Gasteiger partial charge >= 0.3 is 6.18 Å². The zero-order chi connectivity index (χ0) is 23.3. The standard InChI is InChI=1S/C23H17F3N6O/c24-23(25,26)16-5-3-4-15(12-16)22(33)31-18-9-7-17(8-10-18)30-20-13-21(29-14-28-20)32-19-6-1-2-11-27-19/h1-14H,(H,31,33)(H2,27,28,29,30,32). The van der Waals surface area contributed by atoms with E-state index in [0.29, 0.717) is 28.8 Å². The van der Waals surface area contributed by atoms with Crippen LogP contribution in [0.15, 0.2) is 85.3 Å². The van der Waals surface area contributed by atoms with Crippen molar-refractivity contribution < 1.29 is 18.0 Å². The van der Waals surface area contributed by atoms with Gasteiger partial charge in [-0.25, -0.2) is 15.0 Å². The zero-order valence-corrected chi connectivity index (χ0v) is 17.0. The first-order valence-corrected chi connectivity index (χ1v) is 9.73. The summed E-state index contributed by atoms with van der Waals surface area (Å²) in [7, 11) is 0. The summed E-state index contributed by atoms with van der Waals surface area (Å²) in [5, 5.41) is 8.77. The van der Waals surface area contributed by atoms with Crippen LogP contribution in [0.1, 0.15) is 15.9 Å². The Labute approximate surface area is 186 Å². The molecule has 0 aliphatic carbocycles. The van der Waals surface area contributed by atoms with Crippen molar-refractivity contribution in [2.24, 2.45) is 0 Å². The van der Waals surface area contributed by atoms with Crippen molar-refractivity contribution in [1.82, 2.24) is 15.0 Å². The van der Waals surface area contributed by atoms with E-state index in [-0.39, 0.29) is 5.56 Å². The highest BCUT2D eigenvalue weighted by molar-refractivity contribution is 6.04. The summed E-state index contributed by atoms with van der Waals surface area (Å²) >= 11 is 0. The lowest BCUT2D eigenvalue weighted by molar-refractivity contribution is -0.137. The molecule has 1 amide bonds. The van der Waals surface area contributed by atoms with Gasteiger partial charge in [0.15, 0.2) is 0 Å². The molecule has 0 spiro atoms. The van der Waals surface area contributed by atoms with Gasteiger partial charge in [0.1, 0.15) is 23.8 Å². The number of alkyl halides is 3. The normalized spacial score (nSPS) is 11.0. The molecule has 0 bridgehead atoms. The van der Waals surface area contributed by atoms with Crippen molar-refractivity contribution in [2.75, 3.05) is 16.0 Å². The third kappa shape index (κ3) is 5.82. The van der Waals surface area contributed by atoms with Crippen LogP contribution >= 0.6 is 0 Å². The molecule has 2 aromatic carbocycles. The van der Waals surface area contributed by atoms with Crippen LogP contribution in [0.4, 0.5) is 42.0 Å². The Morgan fingerprint density at radius 2 is 1.45 bits per heavy atom. The molecule has 0 atom stereocenters. The lowest BCUT2D eigenvalue weighted by Crippen LogP contribution is -2.13. The molecule has 0 saturated heterocycles. The van der Waals surface area contributed by atoms with E-state index in [4.69, 9.17) is 0 Å². The Morgan fingerprint density at radius 1 is 0.727 bits per heavy atom. The quantitative estimate of drug-likeness (QED) is 0.353. The second-order valence-corrected chi connectivity index (χ2v) is 6.86. The van der Waals surface area contributed by atoms with Gasteiger partial charge in [0.2, 0.25) is 0 Å². The number of carbonyl (C=O) groups excluding carboxylic acids is 1. The van der Waals surface area contributed by atoms with Crippen LogP contribution < -0.4 is 16.0 Å². The molecule has 2 heterocycles. The van der Waals surface area contributed by atoms with Crippen molar-refractivity contribution in [2.45, 2.75) is 6.18 Å². The maximum Gasteiger partial charge on any atom is 0.416 e. The van der Waals surface area contributed by atoms with Crippen molar-refractivity contribution in [3.05, 3.63) is 96.4 Å². The lowest BCUT2D eigenvalue weighted by atomic mass is 10.1. The minimum Gasteiger partial charge on any atom is -0.340 e. The topological polar surface area (TPSA) is 91.8 Å². The molecule has 2 aromatic heterocycles. The van der Waals surface area contributed by atoms with Gasteiger partial charge in [-0.3, -0.25) is 4.79 Å². The fourth-order valence-corrected chi connectivity index (χ4v) is 2.89. The maximum atomic E-state index is 12.9. The van der Waals surface area contributed by atoms with E-state index in [1.165, 1.54) is 18.5 Å². The number of rotatable bonds is 6. The van der Waals surface area contributed by atoms with E-state index < -0.39 is 17.6 Å². The third-order valence-corrected chi connectivity index (χ3v) is 4.46. The SMILES string of the molecule is O=C(Nc1ccc(Nc2cc(Nc3ccccn3)ncn2)cc1)c1cccc(C(F)(F)F)c1. The molecule has 0 unspecified atom stereocenters. The molecule has 10 heteroatoms. The number of hydrogen-bond acceptors (Lipinski definition) is 6. The molecule has 7 nitrogen and oxygen atoms in total. The number of amides is 1. The first-order chi connectivity index (χ1) is 15.9. The van der Waals surface area contributed by atoms with Crippen LogP contribution in [0.5, 0.6) is 0 Å². The van der Waals surface area contributed by atoms with Gasteiger partial charge in [0, 0.05) is 29.2 Å². The average molecular weight is 450 g/mol. The van der Waals surface area contributed by atoms with Crippen LogP contribution in [0.25, 0.3) is 0 Å². The fourth-order valence-electron chi connectivity index (χ4n) is 2.89. The van der Waals surface area contributed by atoms with Crippen molar-refractivity contribution in [1.29, 1.82) is 0 Å². The number of halogens is 3. The summed E-state index contributed by atoms with van der Waals surface area (Å²) < 4.78 is 38.6. The van der Waals surface area contributed by atoms with Crippen LogP contribution in [-0.4, -0.2) is 20.9 Å². The molecule has 0 radical (unpaired) electrons. The monoisotopic (exact) mass is 450 g/mol. The molecular formula is C23H17F3N6O. The van der Waals surface area contributed by atoms with Gasteiger partial charge in [-0.1, -0.05) is 12.1 Å². The molecule has 33 heavy (non-hydrogen) atoms. The minimum atomic E-state index is -4.52. The molecule has 166 valence electrons. The highest BCUT2D eigenvalue weighted by Gasteiger charge is 2.30. The van der Waals surface area contributed by atoms with Gasteiger partial charge in [-0.15, -0.1) is 0 Å². The van der Waals surface area contributed by atoms with E-state index in [1.807, 2.05) is 18.2 Å². The number of aromatic nitrogens is 3. The number of nitrogens with zero attached hydrogens (tertiary/aromatic N) is 3. The van der Waals surface area contributed by atoms with Gasteiger partial charge in [0.25, 0.3) is 5.91 Å². The van der Waals surface area contributed by atoms with Crippen molar-refractivity contribution >= 4 is 34.7 Å². The van der Waals surface area contributed by atoms with E-state index >= 15 is 0 Å². The zero-order valence-electron chi connectivity index (χ0n) is 17.0. The van der Waals surface area contributed by atoms with E-state index in [1.54, 1.807) is 36.5 Å². The number of hydrogen-bond donors (Lipinski definition) is 3. The molecule has 0 aliphatic heterocycles. The highest BCUT2D eigenvalue weighted by Crippen LogP contribution is 2.29.